The zero-order chi connectivity index (χ0) is 7.19. The summed E-state index contributed by atoms with van der Waals surface area (Å²) in [5.74, 6) is 1.34. The fraction of sp³-hybridized carbons (Fsp3) is 1.00. The summed E-state index contributed by atoms with van der Waals surface area (Å²) in [4.78, 5) is 0. The van der Waals surface area contributed by atoms with Gasteiger partial charge in [0.1, 0.15) is 0 Å². The zero-order valence-electron chi connectivity index (χ0n) is 6.64. The van der Waals surface area contributed by atoms with Crippen molar-refractivity contribution >= 4 is 0 Å². The quantitative estimate of drug-likeness (QED) is 0.635. The number of rotatable bonds is 3. The zero-order valence-corrected chi connectivity index (χ0v) is 6.64. The van der Waals surface area contributed by atoms with Crippen LogP contribution in [0.3, 0.4) is 0 Å². The lowest BCUT2D eigenvalue weighted by atomic mass is 9.89. The van der Waals surface area contributed by atoms with Crippen LogP contribution in [0.15, 0.2) is 0 Å². The van der Waals surface area contributed by atoms with Crippen LogP contribution in [0.2, 0.25) is 0 Å². The van der Waals surface area contributed by atoms with E-state index in [0.29, 0.717) is 11.8 Å². The molecule has 2 saturated carbocycles. The molecule has 1 nitrogen and oxygen atoms in total. The largest absolute Gasteiger partial charge is 0.389 e. The summed E-state index contributed by atoms with van der Waals surface area (Å²) in [5, 5.41) is 10.1. The van der Waals surface area contributed by atoms with Gasteiger partial charge in [0.15, 0.2) is 0 Å². The highest BCUT2D eigenvalue weighted by atomic mass is 16.3. The molecule has 0 spiro atoms. The minimum atomic E-state index is -0.236. The average Bonchev–Trinajstić information content (AvgIpc) is 2.73. The van der Waals surface area contributed by atoms with E-state index >= 15 is 0 Å². The van der Waals surface area contributed by atoms with Crippen LogP contribution in [0.4, 0.5) is 0 Å². The molecule has 0 radical (unpaired) electrons. The van der Waals surface area contributed by atoms with Crippen LogP contribution in [0.25, 0.3) is 0 Å². The van der Waals surface area contributed by atoms with E-state index in [0.717, 1.165) is 6.42 Å². The van der Waals surface area contributed by atoms with Gasteiger partial charge in [0, 0.05) is 0 Å². The molecule has 2 rings (SSSR count). The Kier molecular flexibility index (Phi) is 1.31. The number of aliphatic hydroxyl groups is 1. The molecule has 0 aromatic rings. The third-order valence-electron chi connectivity index (χ3n) is 3.13. The Labute approximate surface area is 62.4 Å². The molecule has 0 bridgehead atoms. The molecule has 58 valence electrons. The fourth-order valence-electron chi connectivity index (χ4n) is 2.08. The van der Waals surface area contributed by atoms with Crippen LogP contribution < -0.4 is 0 Å². The molecule has 2 fully saturated rings. The Hall–Kier alpha value is -0.0400. The van der Waals surface area contributed by atoms with Gasteiger partial charge in [-0.25, -0.2) is 0 Å². The topological polar surface area (TPSA) is 20.2 Å². The monoisotopic (exact) mass is 140 g/mol. The van der Waals surface area contributed by atoms with Gasteiger partial charge in [0.2, 0.25) is 0 Å². The lowest BCUT2D eigenvalue weighted by molar-refractivity contribution is -0.00845. The SMILES string of the molecule is CCC(O)(C1CC1)C1CC1. The highest BCUT2D eigenvalue weighted by molar-refractivity contribution is 5.02. The van der Waals surface area contributed by atoms with Crippen LogP contribution in [-0.2, 0) is 0 Å². The molecule has 0 atom stereocenters. The van der Waals surface area contributed by atoms with Gasteiger partial charge in [0.05, 0.1) is 5.60 Å². The first-order valence-corrected chi connectivity index (χ1v) is 4.49. The average molecular weight is 140 g/mol. The van der Waals surface area contributed by atoms with Crippen LogP contribution in [0.1, 0.15) is 39.0 Å². The molecule has 0 unspecified atom stereocenters. The Morgan fingerprint density at radius 3 is 1.80 bits per heavy atom. The van der Waals surface area contributed by atoms with Crippen LogP contribution >= 0.6 is 0 Å². The standard InChI is InChI=1S/C9H16O/c1-2-9(10,7-3-4-7)8-5-6-8/h7-8,10H,2-6H2,1H3. The highest BCUT2D eigenvalue weighted by Gasteiger charge is 2.51. The van der Waals surface area contributed by atoms with Crippen molar-refractivity contribution in [1.29, 1.82) is 0 Å². The van der Waals surface area contributed by atoms with E-state index < -0.39 is 0 Å². The van der Waals surface area contributed by atoms with E-state index in [4.69, 9.17) is 0 Å². The third kappa shape index (κ3) is 0.878. The van der Waals surface area contributed by atoms with E-state index in [1.165, 1.54) is 25.7 Å². The molecule has 2 aliphatic rings. The maximum atomic E-state index is 10.1. The maximum absolute atomic E-state index is 10.1. The lowest BCUT2D eigenvalue weighted by Crippen LogP contribution is -2.32. The van der Waals surface area contributed by atoms with Crippen molar-refractivity contribution < 1.29 is 5.11 Å². The van der Waals surface area contributed by atoms with Gasteiger partial charge in [-0.2, -0.15) is 0 Å². The van der Waals surface area contributed by atoms with Crippen molar-refractivity contribution in [3.05, 3.63) is 0 Å². The number of hydrogen-bond acceptors (Lipinski definition) is 1. The second-order valence-corrected chi connectivity index (χ2v) is 3.89. The predicted molar refractivity (Wildman–Crippen MR) is 40.7 cm³/mol. The van der Waals surface area contributed by atoms with Crippen molar-refractivity contribution in [3.63, 3.8) is 0 Å². The molecule has 0 amide bonds. The number of hydrogen-bond donors (Lipinski definition) is 1. The smallest absolute Gasteiger partial charge is 0.0701 e. The fourth-order valence-corrected chi connectivity index (χ4v) is 2.08. The molecular formula is C9H16O. The van der Waals surface area contributed by atoms with Crippen molar-refractivity contribution in [1.82, 2.24) is 0 Å². The molecule has 0 aromatic carbocycles. The van der Waals surface area contributed by atoms with Crippen LogP contribution in [0, 0.1) is 11.8 Å². The van der Waals surface area contributed by atoms with Gasteiger partial charge in [-0.05, 0) is 43.9 Å². The van der Waals surface area contributed by atoms with Gasteiger partial charge < -0.3 is 5.11 Å². The van der Waals surface area contributed by atoms with Crippen molar-refractivity contribution in [2.75, 3.05) is 0 Å². The molecule has 10 heavy (non-hydrogen) atoms. The van der Waals surface area contributed by atoms with E-state index in [-0.39, 0.29) is 5.60 Å². The first kappa shape index (κ1) is 6.66. The van der Waals surface area contributed by atoms with Crippen molar-refractivity contribution in [3.8, 4) is 0 Å². The molecule has 1 N–H and O–H groups in total. The Balaban J connectivity index is 2.03. The second-order valence-electron chi connectivity index (χ2n) is 3.89. The van der Waals surface area contributed by atoms with Gasteiger partial charge >= 0.3 is 0 Å². The van der Waals surface area contributed by atoms with Crippen LogP contribution in [0.5, 0.6) is 0 Å². The first-order chi connectivity index (χ1) is 4.77. The Morgan fingerprint density at radius 1 is 1.20 bits per heavy atom. The van der Waals surface area contributed by atoms with Gasteiger partial charge in [0.25, 0.3) is 0 Å². The van der Waals surface area contributed by atoms with Crippen molar-refractivity contribution in [2.45, 2.75) is 44.6 Å². The van der Waals surface area contributed by atoms with E-state index in [1.807, 2.05) is 0 Å². The van der Waals surface area contributed by atoms with Gasteiger partial charge in [-0.1, -0.05) is 6.92 Å². The summed E-state index contributed by atoms with van der Waals surface area (Å²) in [6.07, 6.45) is 6.09. The summed E-state index contributed by atoms with van der Waals surface area (Å²) < 4.78 is 0. The molecular weight excluding hydrogens is 124 g/mol. The maximum Gasteiger partial charge on any atom is 0.0701 e. The Morgan fingerprint density at radius 2 is 1.60 bits per heavy atom. The summed E-state index contributed by atoms with van der Waals surface area (Å²) in [6.45, 7) is 2.12. The van der Waals surface area contributed by atoms with Crippen LogP contribution in [-0.4, -0.2) is 10.7 Å². The summed E-state index contributed by atoms with van der Waals surface area (Å²) in [5.41, 5.74) is -0.236. The Bertz CT molecular complexity index is 122. The normalized spacial score (nSPS) is 27.0. The molecule has 1 heteroatoms. The van der Waals surface area contributed by atoms with Gasteiger partial charge in [-0.15, -0.1) is 0 Å². The molecule has 0 heterocycles. The second kappa shape index (κ2) is 1.97. The van der Waals surface area contributed by atoms with E-state index in [1.54, 1.807) is 0 Å². The minimum Gasteiger partial charge on any atom is -0.389 e. The minimum absolute atomic E-state index is 0.236. The highest BCUT2D eigenvalue weighted by Crippen LogP contribution is 2.53. The summed E-state index contributed by atoms with van der Waals surface area (Å²) in [6, 6.07) is 0. The van der Waals surface area contributed by atoms with E-state index in [9.17, 15) is 5.11 Å². The van der Waals surface area contributed by atoms with Gasteiger partial charge in [-0.3, -0.25) is 0 Å². The third-order valence-corrected chi connectivity index (χ3v) is 3.13. The molecule has 0 aromatic heterocycles. The predicted octanol–water partition coefficient (Wildman–Crippen LogP) is 1.95. The molecule has 2 aliphatic carbocycles. The molecule has 0 aliphatic heterocycles. The lowest BCUT2D eigenvalue weighted by Gasteiger charge is -2.26. The first-order valence-electron chi connectivity index (χ1n) is 4.49. The molecule has 0 saturated heterocycles. The van der Waals surface area contributed by atoms with Crippen molar-refractivity contribution in [2.24, 2.45) is 11.8 Å². The van der Waals surface area contributed by atoms with E-state index in [2.05, 4.69) is 6.92 Å². The summed E-state index contributed by atoms with van der Waals surface area (Å²) in [7, 11) is 0. The summed E-state index contributed by atoms with van der Waals surface area (Å²) >= 11 is 0.